The van der Waals surface area contributed by atoms with Crippen LogP contribution in [-0.4, -0.2) is 35.3 Å². The first kappa shape index (κ1) is 29.8. The van der Waals surface area contributed by atoms with E-state index in [4.69, 9.17) is 23.4 Å². The van der Waals surface area contributed by atoms with Crippen LogP contribution in [0.1, 0.15) is 37.3 Å². The quantitative estimate of drug-likeness (QED) is 0.130. The molecular weight excluding hydrogens is 568 g/mol. The summed E-state index contributed by atoms with van der Waals surface area (Å²) in [6.45, 7) is 6.75. The number of aromatic nitrogens is 2. The molecular formula is C37H36N2O6. The van der Waals surface area contributed by atoms with E-state index in [0.29, 0.717) is 48.5 Å². The number of fused-ring (bicyclic) bond motifs is 3. The van der Waals surface area contributed by atoms with Crippen LogP contribution in [0, 0.1) is 6.92 Å². The number of para-hydroxylation sites is 1. The van der Waals surface area contributed by atoms with Crippen LogP contribution < -0.4 is 14.2 Å². The summed E-state index contributed by atoms with van der Waals surface area (Å²) in [6.07, 6.45) is -0.174. The Labute approximate surface area is 262 Å². The number of esters is 1. The van der Waals surface area contributed by atoms with Crippen LogP contribution in [0.5, 0.6) is 17.2 Å². The third-order valence-corrected chi connectivity index (χ3v) is 7.80. The van der Waals surface area contributed by atoms with Crippen LogP contribution >= 0.6 is 0 Å². The highest BCUT2D eigenvalue weighted by molar-refractivity contribution is 6.11. The van der Waals surface area contributed by atoms with Gasteiger partial charge in [0.05, 0.1) is 19.2 Å². The first-order chi connectivity index (χ1) is 22.0. The van der Waals surface area contributed by atoms with Crippen molar-refractivity contribution in [3.05, 3.63) is 108 Å². The van der Waals surface area contributed by atoms with E-state index in [2.05, 4.69) is 27.8 Å². The molecule has 0 saturated carbocycles. The predicted octanol–water partition coefficient (Wildman–Crippen LogP) is 8.11. The Morgan fingerprint density at radius 2 is 1.67 bits per heavy atom. The van der Waals surface area contributed by atoms with Crippen LogP contribution in [0.15, 0.2) is 95.4 Å². The molecule has 0 aliphatic heterocycles. The molecule has 45 heavy (non-hydrogen) atoms. The molecule has 2 heterocycles. The van der Waals surface area contributed by atoms with Gasteiger partial charge in [0.15, 0.2) is 17.6 Å². The number of hydrogen-bond acceptors (Lipinski definition) is 7. The van der Waals surface area contributed by atoms with Gasteiger partial charge in [-0.15, -0.1) is 0 Å². The molecule has 0 aliphatic carbocycles. The largest absolute Gasteiger partial charge is 0.493 e. The van der Waals surface area contributed by atoms with E-state index in [0.717, 1.165) is 38.6 Å². The summed E-state index contributed by atoms with van der Waals surface area (Å²) in [6, 6.07) is 29.9. The highest BCUT2D eigenvalue weighted by Crippen LogP contribution is 2.38. The maximum atomic E-state index is 12.5. The smallest absolute Gasteiger partial charge is 0.347 e. The predicted molar refractivity (Wildman–Crippen MR) is 174 cm³/mol. The maximum Gasteiger partial charge on any atom is 0.347 e. The average Bonchev–Trinajstić information content (AvgIpc) is 3.61. The number of nitrogens with zero attached hydrogens (tertiary/aromatic N) is 2. The molecule has 4 aromatic carbocycles. The fourth-order valence-corrected chi connectivity index (χ4v) is 5.54. The molecule has 6 aromatic rings. The van der Waals surface area contributed by atoms with E-state index in [1.807, 2.05) is 86.6 Å². The molecule has 0 radical (unpaired) electrons. The lowest BCUT2D eigenvalue weighted by atomic mass is 10.1. The number of benzene rings is 4. The Morgan fingerprint density at radius 1 is 0.889 bits per heavy atom. The van der Waals surface area contributed by atoms with Crippen LogP contribution in [0.4, 0.5) is 0 Å². The van der Waals surface area contributed by atoms with Gasteiger partial charge in [0.2, 0.25) is 5.89 Å². The van der Waals surface area contributed by atoms with Gasteiger partial charge in [-0.3, -0.25) is 0 Å². The van der Waals surface area contributed by atoms with Crippen molar-refractivity contribution in [2.75, 3.05) is 13.7 Å². The van der Waals surface area contributed by atoms with E-state index in [1.165, 1.54) is 0 Å². The van der Waals surface area contributed by atoms with Gasteiger partial charge in [-0.05, 0) is 68.3 Å². The fraction of sp³-hybridized carbons (Fsp3) is 0.243. The lowest BCUT2D eigenvalue weighted by Gasteiger charge is -2.17. The number of carbonyl (C=O) groups excluding carboxylic acids is 1. The summed E-state index contributed by atoms with van der Waals surface area (Å²) in [5.74, 6) is 2.83. The molecule has 8 nitrogen and oxygen atoms in total. The zero-order chi connectivity index (χ0) is 31.3. The van der Waals surface area contributed by atoms with Crippen molar-refractivity contribution in [2.45, 2.75) is 46.4 Å². The minimum atomic E-state index is -0.680. The summed E-state index contributed by atoms with van der Waals surface area (Å²) in [4.78, 5) is 17.2. The normalized spacial score (nSPS) is 11.9. The zero-order valence-corrected chi connectivity index (χ0v) is 25.9. The Hall–Kier alpha value is -5.24. The lowest BCUT2D eigenvalue weighted by Crippen LogP contribution is -2.28. The van der Waals surface area contributed by atoms with Crippen LogP contribution in [0.3, 0.4) is 0 Å². The zero-order valence-electron chi connectivity index (χ0n) is 25.9. The van der Waals surface area contributed by atoms with Crippen molar-refractivity contribution in [1.82, 2.24) is 9.55 Å². The molecule has 0 saturated heterocycles. The highest BCUT2D eigenvalue weighted by atomic mass is 16.6. The molecule has 0 fully saturated rings. The molecule has 1 unspecified atom stereocenters. The second-order valence-corrected chi connectivity index (χ2v) is 10.7. The third kappa shape index (κ3) is 6.09. The molecule has 2 aromatic heterocycles. The Morgan fingerprint density at radius 3 is 2.44 bits per heavy atom. The van der Waals surface area contributed by atoms with Gasteiger partial charge in [-0.1, -0.05) is 55.5 Å². The van der Waals surface area contributed by atoms with E-state index >= 15 is 0 Å². The van der Waals surface area contributed by atoms with E-state index in [9.17, 15) is 4.79 Å². The number of aryl methyl sites for hydroxylation is 1. The second kappa shape index (κ2) is 13.2. The highest BCUT2D eigenvalue weighted by Gasteiger charge is 2.23. The Balaban J connectivity index is 1.27. The number of carbonyl (C=O) groups is 1. The van der Waals surface area contributed by atoms with E-state index in [1.54, 1.807) is 14.0 Å². The summed E-state index contributed by atoms with van der Waals surface area (Å²) >= 11 is 0. The second-order valence-electron chi connectivity index (χ2n) is 10.7. The molecule has 0 aliphatic rings. The third-order valence-electron chi connectivity index (χ3n) is 7.80. The minimum Gasteiger partial charge on any atom is -0.493 e. The van der Waals surface area contributed by atoms with Gasteiger partial charge >= 0.3 is 5.97 Å². The first-order valence-corrected chi connectivity index (χ1v) is 15.1. The molecule has 6 rings (SSSR count). The number of hydrogen-bond donors (Lipinski definition) is 0. The Kier molecular flexibility index (Phi) is 8.73. The van der Waals surface area contributed by atoms with Gasteiger partial charge in [0.1, 0.15) is 23.8 Å². The van der Waals surface area contributed by atoms with Crippen molar-refractivity contribution in [3.63, 3.8) is 0 Å². The Bertz CT molecular complexity index is 1940. The minimum absolute atomic E-state index is 0.248. The molecule has 0 spiro atoms. The molecule has 0 amide bonds. The van der Waals surface area contributed by atoms with Crippen LogP contribution in [0.2, 0.25) is 0 Å². The van der Waals surface area contributed by atoms with Crippen LogP contribution in [0.25, 0.3) is 33.3 Å². The monoisotopic (exact) mass is 604 g/mol. The van der Waals surface area contributed by atoms with Gasteiger partial charge in [0, 0.05) is 28.4 Å². The van der Waals surface area contributed by atoms with Crippen molar-refractivity contribution in [1.29, 1.82) is 0 Å². The molecule has 0 N–H and O–H groups in total. The average molecular weight is 605 g/mol. The maximum absolute atomic E-state index is 12.5. The number of ether oxygens (including phenoxy) is 4. The molecule has 230 valence electrons. The first-order valence-electron chi connectivity index (χ1n) is 15.1. The summed E-state index contributed by atoms with van der Waals surface area (Å²) < 4.78 is 31.6. The van der Waals surface area contributed by atoms with Crippen molar-refractivity contribution >= 4 is 27.8 Å². The van der Waals surface area contributed by atoms with E-state index in [-0.39, 0.29) is 12.6 Å². The summed E-state index contributed by atoms with van der Waals surface area (Å²) in [5, 5.41) is 2.01. The van der Waals surface area contributed by atoms with Crippen molar-refractivity contribution in [3.8, 4) is 28.7 Å². The standard InChI is InChI=1S/C37H36N2O6/c1-5-31(37(40)42-6-2)45-33-18-12-17-30-35(33)27-15-10-11-16-29(27)39(30)22-25-19-20-32(34(21-25)41-4)43-23-28-24(3)44-36(38-28)26-13-8-7-9-14-26/h7-21,31H,5-6,22-23H2,1-4H3. The van der Waals surface area contributed by atoms with Gasteiger partial charge < -0.3 is 27.9 Å². The lowest BCUT2D eigenvalue weighted by molar-refractivity contribution is -0.151. The summed E-state index contributed by atoms with van der Waals surface area (Å²) in [5.41, 5.74) is 4.75. The topological polar surface area (TPSA) is 85.0 Å². The number of methoxy groups -OCH3 is 1. The van der Waals surface area contributed by atoms with Crippen molar-refractivity contribution < 1.29 is 28.2 Å². The number of rotatable bonds is 12. The fourth-order valence-electron chi connectivity index (χ4n) is 5.54. The molecule has 8 heteroatoms. The van der Waals surface area contributed by atoms with Gasteiger partial charge in [-0.2, -0.15) is 0 Å². The molecule has 0 bridgehead atoms. The number of oxazole rings is 1. The SMILES string of the molecule is CCOC(=O)C(CC)Oc1cccc2c1c1ccccc1n2Cc1ccc(OCc2nc(-c3ccccc3)oc2C)c(OC)c1. The van der Waals surface area contributed by atoms with E-state index < -0.39 is 6.10 Å². The summed E-state index contributed by atoms with van der Waals surface area (Å²) in [7, 11) is 1.64. The van der Waals surface area contributed by atoms with Gasteiger partial charge in [0.25, 0.3) is 0 Å². The van der Waals surface area contributed by atoms with Crippen LogP contribution in [-0.2, 0) is 22.7 Å². The van der Waals surface area contributed by atoms with Crippen molar-refractivity contribution in [2.24, 2.45) is 0 Å². The van der Waals surface area contributed by atoms with Gasteiger partial charge in [-0.25, -0.2) is 9.78 Å². The molecule has 1 atom stereocenters.